The second-order valence-corrected chi connectivity index (χ2v) is 9.06. The zero-order valence-electron chi connectivity index (χ0n) is 19.0. The standard InChI is InChI=1S/C27H21N5O3S/c28-22-12-11-21(25-2-1-13-36-25)14-23(22)29-26(33)19-9-7-18(8-10-19)24-16-32(31-30-24)15-17-3-5-20(6-4-17)27(34)35/h1-14,16H,15,28H2,(H,29,33)(H,34,35). The first-order valence-electron chi connectivity index (χ1n) is 11.0. The Morgan fingerprint density at radius 3 is 2.36 bits per heavy atom. The lowest BCUT2D eigenvalue weighted by Gasteiger charge is -2.10. The van der Waals surface area contributed by atoms with E-state index >= 15 is 0 Å². The van der Waals surface area contributed by atoms with E-state index in [9.17, 15) is 9.59 Å². The second kappa shape index (κ2) is 9.85. The van der Waals surface area contributed by atoms with Gasteiger partial charge in [0.1, 0.15) is 5.69 Å². The number of benzene rings is 3. The number of aromatic nitrogens is 3. The molecule has 0 aliphatic rings. The third-order valence-electron chi connectivity index (χ3n) is 5.63. The largest absolute Gasteiger partial charge is 0.478 e. The van der Waals surface area contributed by atoms with Crippen LogP contribution in [-0.2, 0) is 6.54 Å². The predicted molar refractivity (Wildman–Crippen MR) is 140 cm³/mol. The SMILES string of the molecule is Nc1ccc(-c2cccs2)cc1NC(=O)c1ccc(-c2cn(Cc3ccc(C(=O)O)cc3)nn2)cc1. The molecule has 0 aliphatic carbocycles. The number of nitrogens with one attached hydrogen (secondary N) is 1. The number of nitrogens with zero attached hydrogens (tertiary/aromatic N) is 3. The van der Waals surface area contributed by atoms with Crippen LogP contribution in [0.5, 0.6) is 0 Å². The van der Waals surface area contributed by atoms with Crippen molar-refractivity contribution in [2.24, 2.45) is 0 Å². The van der Waals surface area contributed by atoms with Crippen LogP contribution in [0.3, 0.4) is 0 Å². The molecule has 4 N–H and O–H groups in total. The van der Waals surface area contributed by atoms with Crippen molar-refractivity contribution in [1.29, 1.82) is 0 Å². The van der Waals surface area contributed by atoms with Crippen LogP contribution in [0.2, 0.25) is 0 Å². The molecule has 3 aromatic carbocycles. The van der Waals surface area contributed by atoms with Crippen LogP contribution < -0.4 is 11.1 Å². The van der Waals surface area contributed by atoms with Gasteiger partial charge in [-0.1, -0.05) is 41.6 Å². The van der Waals surface area contributed by atoms with E-state index < -0.39 is 5.97 Å². The van der Waals surface area contributed by atoms with Gasteiger partial charge in [-0.2, -0.15) is 0 Å². The quantitative estimate of drug-likeness (QED) is 0.265. The van der Waals surface area contributed by atoms with Gasteiger partial charge in [0, 0.05) is 16.0 Å². The maximum Gasteiger partial charge on any atom is 0.335 e. The third kappa shape index (κ3) is 5.01. The van der Waals surface area contributed by atoms with Gasteiger partial charge in [0.15, 0.2) is 0 Å². The Labute approximate surface area is 210 Å². The number of nitrogen functional groups attached to an aromatic ring is 1. The molecule has 0 saturated carbocycles. The monoisotopic (exact) mass is 495 g/mol. The van der Waals surface area contributed by atoms with Crippen molar-refractivity contribution in [3.63, 3.8) is 0 Å². The van der Waals surface area contributed by atoms with Crippen LogP contribution in [0.25, 0.3) is 21.7 Å². The van der Waals surface area contributed by atoms with Crippen LogP contribution in [0.15, 0.2) is 90.4 Å². The molecule has 0 spiro atoms. The van der Waals surface area contributed by atoms with Crippen molar-refractivity contribution >= 4 is 34.6 Å². The molecule has 0 radical (unpaired) electrons. The van der Waals surface area contributed by atoms with E-state index in [1.807, 2.05) is 41.8 Å². The number of thiophene rings is 1. The molecule has 5 rings (SSSR count). The van der Waals surface area contributed by atoms with Gasteiger partial charge < -0.3 is 16.2 Å². The van der Waals surface area contributed by atoms with Crippen molar-refractivity contribution in [3.05, 3.63) is 107 Å². The van der Waals surface area contributed by atoms with Crippen molar-refractivity contribution in [2.45, 2.75) is 6.54 Å². The molecule has 36 heavy (non-hydrogen) atoms. The minimum Gasteiger partial charge on any atom is -0.478 e. The topological polar surface area (TPSA) is 123 Å². The van der Waals surface area contributed by atoms with Gasteiger partial charge in [-0.05, 0) is 59.0 Å². The molecule has 178 valence electrons. The summed E-state index contributed by atoms with van der Waals surface area (Å²) in [5, 5.41) is 22.3. The minimum atomic E-state index is -0.961. The van der Waals surface area contributed by atoms with Crippen LogP contribution in [-0.4, -0.2) is 32.0 Å². The summed E-state index contributed by atoms with van der Waals surface area (Å²) in [7, 11) is 0. The number of carbonyl (C=O) groups is 2. The van der Waals surface area contributed by atoms with Gasteiger partial charge in [0.2, 0.25) is 0 Å². The number of aromatic carboxylic acids is 1. The molecule has 9 heteroatoms. The van der Waals surface area contributed by atoms with Gasteiger partial charge in [0.05, 0.1) is 29.7 Å². The summed E-state index contributed by atoms with van der Waals surface area (Å²) in [5.41, 5.74) is 11.3. The number of nitrogens with two attached hydrogens (primary N) is 1. The average Bonchev–Trinajstić information content (AvgIpc) is 3.59. The predicted octanol–water partition coefficient (Wildman–Crippen LogP) is 5.25. The molecule has 2 heterocycles. The number of carbonyl (C=O) groups excluding carboxylic acids is 1. The van der Waals surface area contributed by atoms with Gasteiger partial charge in [-0.15, -0.1) is 16.4 Å². The van der Waals surface area contributed by atoms with Crippen LogP contribution in [0.4, 0.5) is 11.4 Å². The lowest BCUT2D eigenvalue weighted by atomic mass is 10.1. The molecule has 0 bridgehead atoms. The lowest BCUT2D eigenvalue weighted by molar-refractivity contribution is 0.0696. The summed E-state index contributed by atoms with van der Waals surface area (Å²) in [6, 6.07) is 23.3. The van der Waals surface area contributed by atoms with E-state index in [4.69, 9.17) is 10.8 Å². The highest BCUT2D eigenvalue weighted by molar-refractivity contribution is 7.13. The van der Waals surface area contributed by atoms with E-state index in [1.54, 1.807) is 64.7 Å². The molecular weight excluding hydrogens is 474 g/mol. The fraction of sp³-hybridized carbons (Fsp3) is 0.0370. The number of carboxylic acids is 1. The lowest BCUT2D eigenvalue weighted by Crippen LogP contribution is -2.13. The van der Waals surface area contributed by atoms with Crippen molar-refractivity contribution < 1.29 is 14.7 Å². The number of hydrogen-bond acceptors (Lipinski definition) is 6. The minimum absolute atomic E-state index is 0.236. The van der Waals surface area contributed by atoms with Gasteiger partial charge in [-0.3, -0.25) is 4.79 Å². The molecule has 0 aliphatic heterocycles. The molecule has 0 unspecified atom stereocenters. The third-order valence-corrected chi connectivity index (χ3v) is 6.55. The van der Waals surface area contributed by atoms with Crippen LogP contribution in [0.1, 0.15) is 26.3 Å². The average molecular weight is 496 g/mol. The molecule has 5 aromatic rings. The summed E-state index contributed by atoms with van der Waals surface area (Å²) < 4.78 is 1.68. The molecule has 1 amide bonds. The summed E-state index contributed by atoms with van der Waals surface area (Å²) in [6.07, 6.45) is 1.80. The van der Waals surface area contributed by atoms with E-state index in [1.165, 1.54) is 0 Å². The fourth-order valence-corrected chi connectivity index (χ4v) is 4.42. The first-order chi connectivity index (χ1) is 17.5. The molecular formula is C27H21N5O3S. The highest BCUT2D eigenvalue weighted by atomic mass is 32.1. The Hall–Kier alpha value is -4.76. The zero-order valence-corrected chi connectivity index (χ0v) is 19.8. The summed E-state index contributed by atoms with van der Waals surface area (Å²) in [5.74, 6) is -1.22. The van der Waals surface area contributed by atoms with E-state index in [2.05, 4.69) is 15.6 Å². The first-order valence-corrected chi connectivity index (χ1v) is 11.9. The van der Waals surface area contributed by atoms with E-state index in [-0.39, 0.29) is 11.5 Å². The van der Waals surface area contributed by atoms with Gasteiger partial charge in [-0.25, -0.2) is 9.48 Å². The number of rotatable bonds is 7. The fourth-order valence-electron chi connectivity index (χ4n) is 3.70. The van der Waals surface area contributed by atoms with Crippen molar-refractivity contribution in [3.8, 4) is 21.7 Å². The maximum atomic E-state index is 12.9. The molecule has 8 nitrogen and oxygen atoms in total. The summed E-state index contributed by atoms with van der Waals surface area (Å²) >= 11 is 1.62. The molecule has 2 aromatic heterocycles. The highest BCUT2D eigenvalue weighted by Crippen LogP contribution is 2.30. The van der Waals surface area contributed by atoms with Crippen LogP contribution >= 0.6 is 11.3 Å². The second-order valence-electron chi connectivity index (χ2n) is 8.11. The van der Waals surface area contributed by atoms with E-state index in [0.29, 0.717) is 29.2 Å². The first kappa shape index (κ1) is 23.0. The van der Waals surface area contributed by atoms with Gasteiger partial charge >= 0.3 is 5.97 Å². The highest BCUT2D eigenvalue weighted by Gasteiger charge is 2.12. The Balaban J connectivity index is 1.26. The van der Waals surface area contributed by atoms with Gasteiger partial charge in [0.25, 0.3) is 5.91 Å². The number of carboxylic acid groups (broad SMARTS) is 1. The van der Waals surface area contributed by atoms with Crippen molar-refractivity contribution in [1.82, 2.24) is 15.0 Å². The Bertz CT molecular complexity index is 1520. The van der Waals surface area contributed by atoms with Crippen LogP contribution in [0, 0.1) is 0 Å². The Morgan fingerprint density at radius 2 is 1.67 bits per heavy atom. The number of hydrogen-bond donors (Lipinski definition) is 3. The zero-order chi connectivity index (χ0) is 25.1. The number of anilines is 2. The summed E-state index contributed by atoms with van der Waals surface area (Å²) in [4.78, 5) is 25.0. The smallest absolute Gasteiger partial charge is 0.335 e. The normalized spacial score (nSPS) is 10.8. The number of amides is 1. The van der Waals surface area contributed by atoms with E-state index in [0.717, 1.165) is 21.6 Å². The molecule has 0 saturated heterocycles. The Kier molecular flexibility index (Phi) is 6.29. The van der Waals surface area contributed by atoms with Crippen molar-refractivity contribution in [2.75, 3.05) is 11.1 Å². The molecule has 0 fully saturated rings. The molecule has 0 atom stereocenters. The maximum absolute atomic E-state index is 12.9. The Morgan fingerprint density at radius 1 is 0.944 bits per heavy atom. The summed E-state index contributed by atoms with van der Waals surface area (Å²) in [6.45, 7) is 0.458.